The van der Waals surface area contributed by atoms with E-state index in [1.54, 1.807) is 37.0 Å². The Balaban J connectivity index is 2.01. The van der Waals surface area contributed by atoms with E-state index in [9.17, 15) is 9.59 Å². The summed E-state index contributed by atoms with van der Waals surface area (Å²) in [7, 11) is 1.58. The van der Waals surface area contributed by atoms with Gasteiger partial charge in [-0.1, -0.05) is 25.1 Å². The topological polar surface area (TPSA) is 88.6 Å². The van der Waals surface area contributed by atoms with Crippen LogP contribution in [0.4, 0.5) is 0 Å². The summed E-state index contributed by atoms with van der Waals surface area (Å²) in [5.74, 6) is -0.723. The van der Waals surface area contributed by atoms with Gasteiger partial charge in [-0.3, -0.25) is 9.59 Å². The molecule has 1 aromatic carbocycles. The fourth-order valence-electron chi connectivity index (χ4n) is 2.76. The minimum Gasteiger partial charge on any atom is -0.481 e. The Bertz CT molecular complexity index is 959. The summed E-state index contributed by atoms with van der Waals surface area (Å²) in [4.78, 5) is 25.5. The molecule has 1 N–H and O–H groups in total. The molecule has 0 radical (unpaired) electrons. The minimum absolute atomic E-state index is 0.0985. The monoisotopic (exact) mass is 367 g/mol. The molecule has 0 aliphatic heterocycles. The maximum atomic E-state index is 13.0. The lowest BCUT2D eigenvalue weighted by molar-refractivity contribution is -0.141. The van der Waals surface area contributed by atoms with Gasteiger partial charge in [-0.25, -0.2) is 4.68 Å². The number of amides is 1. The molecule has 0 saturated heterocycles. The predicted octanol–water partition coefficient (Wildman–Crippen LogP) is 3.23. The number of furan rings is 1. The van der Waals surface area contributed by atoms with Crippen LogP contribution >= 0.6 is 0 Å². The van der Waals surface area contributed by atoms with Crippen LogP contribution in [0.2, 0.25) is 0 Å². The summed E-state index contributed by atoms with van der Waals surface area (Å²) in [6, 6.07) is 13.0. The van der Waals surface area contributed by atoms with Gasteiger partial charge in [0.05, 0.1) is 17.2 Å². The largest absolute Gasteiger partial charge is 0.481 e. The maximum absolute atomic E-state index is 13.0. The fraction of sp³-hybridized carbons (Fsp3) is 0.250. The number of aliphatic carboxylic acids is 1. The predicted molar refractivity (Wildman–Crippen MR) is 99.8 cm³/mol. The van der Waals surface area contributed by atoms with Crippen molar-refractivity contribution in [3.63, 3.8) is 0 Å². The molecule has 0 fully saturated rings. The van der Waals surface area contributed by atoms with Crippen LogP contribution in [0.15, 0.2) is 53.1 Å². The second-order valence-electron chi connectivity index (χ2n) is 6.51. The van der Waals surface area contributed by atoms with Gasteiger partial charge < -0.3 is 14.4 Å². The highest BCUT2D eigenvalue weighted by molar-refractivity contribution is 5.99. The van der Waals surface area contributed by atoms with Crippen LogP contribution in [0.25, 0.3) is 17.1 Å². The number of aromatic nitrogens is 2. The van der Waals surface area contributed by atoms with E-state index < -0.39 is 11.9 Å². The molecule has 3 aromatic rings. The number of carbonyl (C=O) groups is 2. The minimum atomic E-state index is -0.948. The number of aryl methyl sites for hydroxylation is 1. The second-order valence-corrected chi connectivity index (χ2v) is 6.51. The summed E-state index contributed by atoms with van der Waals surface area (Å²) in [6.45, 7) is 3.48. The molecule has 0 aliphatic carbocycles. The molecule has 0 saturated carbocycles. The molecule has 2 aromatic heterocycles. The maximum Gasteiger partial charge on any atom is 0.308 e. The molecule has 2 heterocycles. The number of para-hydroxylation sites is 1. The summed E-state index contributed by atoms with van der Waals surface area (Å²) >= 11 is 0. The van der Waals surface area contributed by atoms with Gasteiger partial charge in [-0.15, -0.1) is 0 Å². The molecule has 3 rings (SSSR count). The van der Waals surface area contributed by atoms with Gasteiger partial charge in [0.15, 0.2) is 5.76 Å². The first-order valence-electron chi connectivity index (χ1n) is 8.57. The van der Waals surface area contributed by atoms with Gasteiger partial charge in [0.25, 0.3) is 5.91 Å². The lowest BCUT2D eigenvalue weighted by Gasteiger charge is -2.19. The van der Waals surface area contributed by atoms with E-state index in [-0.39, 0.29) is 12.5 Å². The zero-order valence-electron chi connectivity index (χ0n) is 15.4. The van der Waals surface area contributed by atoms with Crippen LogP contribution in [0.5, 0.6) is 0 Å². The molecule has 27 heavy (non-hydrogen) atoms. The van der Waals surface area contributed by atoms with Crippen molar-refractivity contribution in [2.75, 3.05) is 13.6 Å². The molecule has 0 spiro atoms. The van der Waals surface area contributed by atoms with Crippen LogP contribution in [-0.2, 0) is 4.79 Å². The third-order valence-electron chi connectivity index (χ3n) is 4.26. The third kappa shape index (κ3) is 3.92. The lowest BCUT2D eigenvalue weighted by atomic mass is 10.1. The Kier molecular flexibility index (Phi) is 5.12. The molecular formula is C20H21N3O4. The molecule has 0 aliphatic rings. The van der Waals surface area contributed by atoms with Crippen LogP contribution in [0, 0.1) is 12.8 Å². The van der Waals surface area contributed by atoms with Gasteiger partial charge in [-0.05, 0) is 31.2 Å². The number of rotatable bonds is 6. The molecule has 1 unspecified atom stereocenters. The molecular weight excluding hydrogens is 346 g/mol. The van der Waals surface area contributed by atoms with E-state index in [1.807, 2.05) is 37.3 Å². The van der Waals surface area contributed by atoms with Crippen molar-refractivity contribution in [2.45, 2.75) is 13.8 Å². The first-order valence-corrected chi connectivity index (χ1v) is 8.57. The van der Waals surface area contributed by atoms with Crippen molar-refractivity contribution in [1.82, 2.24) is 14.7 Å². The Hall–Kier alpha value is -3.35. The standard InChI is InChI=1S/C20H21N3O4/c1-13(20(25)26)11-22(3)19(24)16-12-23(15-7-5-4-6-8-15)21-18(16)17-10-9-14(2)27-17/h4-10,12-13H,11H2,1-3H3,(H,25,26). The van der Waals surface area contributed by atoms with Crippen LogP contribution in [0.3, 0.4) is 0 Å². The Labute approximate surface area is 156 Å². The van der Waals surface area contributed by atoms with E-state index in [0.29, 0.717) is 22.8 Å². The number of hydrogen-bond donors (Lipinski definition) is 1. The quantitative estimate of drug-likeness (QED) is 0.722. The highest BCUT2D eigenvalue weighted by Gasteiger charge is 2.25. The summed E-state index contributed by atoms with van der Waals surface area (Å²) in [5.41, 5.74) is 1.59. The molecule has 1 amide bonds. The number of hydrogen-bond acceptors (Lipinski definition) is 4. The average molecular weight is 367 g/mol. The number of carbonyl (C=O) groups excluding carboxylic acids is 1. The van der Waals surface area contributed by atoms with E-state index in [0.717, 1.165) is 5.69 Å². The highest BCUT2D eigenvalue weighted by Crippen LogP contribution is 2.26. The molecule has 7 heteroatoms. The zero-order chi connectivity index (χ0) is 19.6. The lowest BCUT2D eigenvalue weighted by Crippen LogP contribution is -2.33. The van der Waals surface area contributed by atoms with Gasteiger partial charge in [0, 0.05) is 19.8 Å². The molecule has 7 nitrogen and oxygen atoms in total. The number of benzene rings is 1. The highest BCUT2D eigenvalue weighted by atomic mass is 16.4. The SMILES string of the molecule is Cc1ccc(-c2nn(-c3ccccc3)cc2C(=O)N(C)CC(C)C(=O)O)o1. The van der Waals surface area contributed by atoms with Gasteiger partial charge in [0.2, 0.25) is 0 Å². The molecule has 1 atom stereocenters. The van der Waals surface area contributed by atoms with E-state index in [4.69, 9.17) is 9.52 Å². The van der Waals surface area contributed by atoms with Crippen molar-refractivity contribution in [2.24, 2.45) is 5.92 Å². The van der Waals surface area contributed by atoms with Crippen LogP contribution in [0.1, 0.15) is 23.0 Å². The third-order valence-corrected chi connectivity index (χ3v) is 4.26. The summed E-state index contributed by atoms with van der Waals surface area (Å²) in [5, 5.41) is 13.6. The van der Waals surface area contributed by atoms with Crippen molar-refractivity contribution in [3.05, 3.63) is 60.0 Å². The van der Waals surface area contributed by atoms with Crippen molar-refractivity contribution < 1.29 is 19.1 Å². The van der Waals surface area contributed by atoms with Gasteiger partial charge in [0.1, 0.15) is 11.5 Å². The van der Waals surface area contributed by atoms with E-state index in [1.165, 1.54) is 4.90 Å². The van der Waals surface area contributed by atoms with Gasteiger partial charge in [-0.2, -0.15) is 5.10 Å². The first-order chi connectivity index (χ1) is 12.9. The first kappa shape index (κ1) is 18.4. The van der Waals surface area contributed by atoms with Crippen molar-refractivity contribution in [3.8, 4) is 17.1 Å². The number of nitrogens with zero attached hydrogens (tertiary/aromatic N) is 3. The normalized spacial score (nSPS) is 12.0. The van der Waals surface area contributed by atoms with Crippen LogP contribution in [-0.4, -0.2) is 45.3 Å². The molecule has 140 valence electrons. The van der Waals surface area contributed by atoms with Crippen molar-refractivity contribution in [1.29, 1.82) is 0 Å². The fourth-order valence-corrected chi connectivity index (χ4v) is 2.76. The number of carboxylic acids is 1. The zero-order valence-corrected chi connectivity index (χ0v) is 15.4. The summed E-state index contributed by atoms with van der Waals surface area (Å²) in [6.07, 6.45) is 1.65. The van der Waals surface area contributed by atoms with Crippen molar-refractivity contribution >= 4 is 11.9 Å². The Morgan fingerprint density at radius 2 is 1.93 bits per heavy atom. The Morgan fingerprint density at radius 3 is 2.52 bits per heavy atom. The van der Waals surface area contributed by atoms with E-state index >= 15 is 0 Å². The van der Waals surface area contributed by atoms with Gasteiger partial charge >= 0.3 is 5.97 Å². The Morgan fingerprint density at radius 1 is 1.22 bits per heavy atom. The average Bonchev–Trinajstić information content (AvgIpc) is 3.28. The smallest absolute Gasteiger partial charge is 0.308 e. The summed E-state index contributed by atoms with van der Waals surface area (Å²) < 4.78 is 7.29. The molecule has 0 bridgehead atoms. The van der Waals surface area contributed by atoms with E-state index in [2.05, 4.69) is 5.10 Å². The number of carboxylic acid groups (broad SMARTS) is 1. The van der Waals surface area contributed by atoms with Crippen LogP contribution < -0.4 is 0 Å². The second kappa shape index (κ2) is 7.49.